The molecule has 0 saturated carbocycles. The van der Waals surface area contributed by atoms with Crippen LogP contribution in [0.1, 0.15) is 15.9 Å². The van der Waals surface area contributed by atoms with E-state index in [0.717, 1.165) is 5.56 Å². The maximum Gasteiger partial charge on any atom is 0.337 e. The Balaban J connectivity index is 1.88. The van der Waals surface area contributed by atoms with Gasteiger partial charge in [-0.05, 0) is 23.8 Å². The summed E-state index contributed by atoms with van der Waals surface area (Å²) in [5, 5.41) is 14.6. The number of para-hydroxylation sites is 1. The zero-order valence-corrected chi connectivity index (χ0v) is 12.0. The zero-order chi connectivity index (χ0) is 16.2. The molecule has 114 valence electrons. The smallest absolute Gasteiger partial charge is 0.337 e. The predicted octanol–water partition coefficient (Wildman–Crippen LogP) is 2.13. The molecule has 0 radical (unpaired) electrons. The van der Waals surface area contributed by atoms with Crippen LogP contribution in [-0.2, 0) is 4.79 Å². The van der Waals surface area contributed by atoms with Crippen LogP contribution in [0.15, 0.2) is 65.3 Å². The van der Waals surface area contributed by atoms with E-state index >= 15 is 0 Å². The number of hydrogen-bond donors (Lipinski definition) is 3. The highest BCUT2D eigenvalue weighted by Crippen LogP contribution is 2.19. The van der Waals surface area contributed by atoms with Crippen LogP contribution in [0.4, 0.5) is 5.69 Å². The topological polar surface area (TPSA) is 90.8 Å². The minimum Gasteiger partial charge on any atom is -0.478 e. The lowest BCUT2D eigenvalue weighted by molar-refractivity contribution is -0.115. The molecule has 1 aliphatic rings. The second kappa shape index (κ2) is 6.15. The molecular weight excluding hydrogens is 294 g/mol. The molecule has 0 spiro atoms. The van der Waals surface area contributed by atoms with Crippen molar-refractivity contribution in [2.75, 3.05) is 0 Å². The fourth-order valence-corrected chi connectivity index (χ4v) is 2.14. The first-order valence-electron chi connectivity index (χ1n) is 6.89. The Morgan fingerprint density at radius 1 is 1.00 bits per heavy atom. The first-order valence-corrected chi connectivity index (χ1v) is 6.89. The number of hydrogen-bond acceptors (Lipinski definition) is 3. The van der Waals surface area contributed by atoms with E-state index in [1.807, 2.05) is 30.3 Å². The fourth-order valence-electron chi connectivity index (χ4n) is 2.14. The summed E-state index contributed by atoms with van der Waals surface area (Å²) in [6, 6.07) is 15.7. The highest BCUT2D eigenvalue weighted by atomic mass is 16.4. The van der Waals surface area contributed by atoms with Crippen LogP contribution < -0.4 is 10.6 Å². The van der Waals surface area contributed by atoms with Crippen molar-refractivity contribution in [3.05, 3.63) is 71.4 Å². The van der Waals surface area contributed by atoms with Gasteiger partial charge in [-0.3, -0.25) is 10.1 Å². The lowest BCUT2D eigenvalue weighted by atomic mass is 10.2. The standard InChI is InChI=1S/C17H13N3O3/c21-15-14(10-11-6-2-1-3-7-11)19-17(20-15)18-13-9-5-4-8-12(13)16(22)23/h1-10H,(H,22,23)(H2,18,19,20,21)/b14-10+. The van der Waals surface area contributed by atoms with Crippen LogP contribution in [0, 0.1) is 0 Å². The van der Waals surface area contributed by atoms with Crippen LogP contribution >= 0.6 is 0 Å². The van der Waals surface area contributed by atoms with Gasteiger partial charge in [0.15, 0.2) is 0 Å². The van der Waals surface area contributed by atoms with Crippen LogP contribution in [-0.4, -0.2) is 22.9 Å². The van der Waals surface area contributed by atoms with Crippen LogP contribution in [0.2, 0.25) is 0 Å². The van der Waals surface area contributed by atoms with Crippen molar-refractivity contribution >= 4 is 29.6 Å². The predicted molar refractivity (Wildman–Crippen MR) is 86.2 cm³/mol. The Hall–Kier alpha value is -3.41. The number of aromatic carboxylic acids is 1. The van der Waals surface area contributed by atoms with E-state index in [0.29, 0.717) is 5.70 Å². The van der Waals surface area contributed by atoms with Gasteiger partial charge < -0.3 is 10.4 Å². The summed E-state index contributed by atoms with van der Waals surface area (Å²) in [4.78, 5) is 27.3. The molecule has 6 nitrogen and oxygen atoms in total. The zero-order valence-electron chi connectivity index (χ0n) is 12.0. The van der Waals surface area contributed by atoms with E-state index in [2.05, 4.69) is 15.6 Å². The summed E-state index contributed by atoms with van der Waals surface area (Å²) < 4.78 is 0. The van der Waals surface area contributed by atoms with E-state index < -0.39 is 5.97 Å². The van der Waals surface area contributed by atoms with Gasteiger partial charge in [0.1, 0.15) is 5.70 Å². The van der Waals surface area contributed by atoms with Crippen molar-refractivity contribution in [2.24, 2.45) is 4.99 Å². The quantitative estimate of drug-likeness (QED) is 0.758. The maximum absolute atomic E-state index is 12.0. The Kier molecular flexibility index (Phi) is 3.88. The number of benzene rings is 2. The third-order valence-corrected chi connectivity index (χ3v) is 3.21. The number of amides is 1. The van der Waals surface area contributed by atoms with Crippen molar-refractivity contribution in [1.29, 1.82) is 0 Å². The Morgan fingerprint density at radius 3 is 2.43 bits per heavy atom. The number of carbonyl (C=O) groups is 2. The molecule has 1 fully saturated rings. The first kappa shape index (κ1) is 14.5. The van der Waals surface area contributed by atoms with E-state index in [-0.39, 0.29) is 23.1 Å². The Bertz CT molecular complexity index is 826. The van der Waals surface area contributed by atoms with Gasteiger partial charge in [-0.15, -0.1) is 0 Å². The molecule has 0 unspecified atom stereocenters. The van der Waals surface area contributed by atoms with Gasteiger partial charge in [-0.2, -0.15) is 0 Å². The van der Waals surface area contributed by atoms with Gasteiger partial charge in [0, 0.05) is 0 Å². The number of rotatable bonds is 3. The van der Waals surface area contributed by atoms with Crippen LogP contribution in [0.3, 0.4) is 0 Å². The van der Waals surface area contributed by atoms with Crippen LogP contribution in [0.5, 0.6) is 0 Å². The molecule has 3 N–H and O–H groups in total. The molecule has 1 saturated heterocycles. The van der Waals surface area contributed by atoms with Crippen molar-refractivity contribution in [2.45, 2.75) is 0 Å². The molecule has 1 amide bonds. The second-order valence-electron chi connectivity index (χ2n) is 4.83. The number of aliphatic imine (C=N–C) groups is 1. The molecule has 2 aromatic rings. The molecule has 0 atom stereocenters. The average Bonchev–Trinajstić information content (AvgIpc) is 2.88. The highest BCUT2D eigenvalue weighted by molar-refractivity contribution is 6.16. The van der Waals surface area contributed by atoms with E-state index in [1.54, 1.807) is 24.3 Å². The summed E-state index contributed by atoms with van der Waals surface area (Å²) in [7, 11) is 0. The van der Waals surface area contributed by atoms with Crippen molar-refractivity contribution in [3.8, 4) is 0 Å². The van der Waals surface area contributed by atoms with Gasteiger partial charge in [0.05, 0.1) is 11.3 Å². The number of nitrogens with one attached hydrogen (secondary N) is 2. The van der Waals surface area contributed by atoms with Crippen molar-refractivity contribution in [1.82, 2.24) is 10.6 Å². The summed E-state index contributed by atoms with van der Waals surface area (Å²) in [5.74, 6) is -1.19. The van der Waals surface area contributed by atoms with Crippen molar-refractivity contribution < 1.29 is 14.7 Å². The molecule has 6 heteroatoms. The molecule has 3 rings (SSSR count). The number of carboxylic acids is 1. The summed E-state index contributed by atoms with van der Waals surface area (Å²) in [5.41, 5.74) is 1.56. The Labute approximate surface area is 132 Å². The number of guanidine groups is 1. The molecule has 1 heterocycles. The second-order valence-corrected chi connectivity index (χ2v) is 4.83. The number of nitrogens with zero attached hydrogens (tertiary/aromatic N) is 1. The van der Waals surface area contributed by atoms with E-state index in [9.17, 15) is 9.59 Å². The molecule has 23 heavy (non-hydrogen) atoms. The molecule has 1 aliphatic heterocycles. The van der Waals surface area contributed by atoms with Crippen molar-refractivity contribution in [3.63, 3.8) is 0 Å². The van der Waals surface area contributed by atoms with Gasteiger partial charge in [0.2, 0.25) is 5.96 Å². The van der Waals surface area contributed by atoms with E-state index in [4.69, 9.17) is 5.11 Å². The molecule has 0 bridgehead atoms. The normalized spacial score (nSPS) is 17.1. The minimum absolute atomic E-state index is 0.0662. The van der Waals surface area contributed by atoms with Gasteiger partial charge in [-0.25, -0.2) is 9.79 Å². The maximum atomic E-state index is 12.0. The SMILES string of the molecule is O=C1NC(=Nc2ccccc2C(=O)O)N/C1=C/c1ccccc1. The van der Waals surface area contributed by atoms with Gasteiger partial charge in [-0.1, -0.05) is 42.5 Å². The Morgan fingerprint density at radius 2 is 1.70 bits per heavy atom. The number of carboxylic acid groups (broad SMARTS) is 1. The third-order valence-electron chi connectivity index (χ3n) is 3.21. The summed E-state index contributed by atoms with van der Waals surface area (Å²) >= 11 is 0. The van der Waals surface area contributed by atoms with Gasteiger partial charge >= 0.3 is 5.97 Å². The fraction of sp³-hybridized carbons (Fsp3) is 0. The lowest BCUT2D eigenvalue weighted by Crippen LogP contribution is -2.24. The summed E-state index contributed by atoms with van der Waals surface area (Å²) in [6.45, 7) is 0. The van der Waals surface area contributed by atoms with E-state index in [1.165, 1.54) is 6.07 Å². The molecule has 0 aliphatic carbocycles. The minimum atomic E-state index is -1.07. The first-order chi connectivity index (χ1) is 11.1. The van der Waals surface area contributed by atoms with Crippen LogP contribution in [0.25, 0.3) is 6.08 Å². The number of carbonyl (C=O) groups excluding carboxylic acids is 1. The summed E-state index contributed by atoms with van der Waals surface area (Å²) in [6.07, 6.45) is 1.70. The van der Waals surface area contributed by atoms with Gasteiger partial charge in [0.25, 0.3) is 5.91 Å². The molecular formula is C17H13N3O3. The third kappa shape index (κ3) is 3.26. The highest BCUT2D eigenvalue weighted by Gasteiger charge is 2.22. The monoisotopic (exact) mass is 307 g/mol. The molecule has 0 aromatic heterocycles. The lowest BCUT2D eigenvalue weighted by Gasteiger charge is -2.02. The molecule has 2 aromatic carbocycles. The average molecular weight is 307 g/mol. The largest absolute Gasteiger partial charge is 0.478 e.